The summed E-state index contributed by atoms with van der Waals surface area (Å²) in [5, 5.41) is 0. The van der Waals surface area contributed by atoms with Crippen molar-refractivity contribution in [1.29, 1.82) is 0 Å². The summed E-state index contributed by atoms with van der Waals surface area (Å²) in [6, 6.07) is 9.75. The highest BCUT2D eigenvalue weighted by atomic mass is 16.2. The third kappa shape index (κ3) is 1.61. The van der Waals surface area contributed by atoms with Crippen LogP contribution in [0.5, 0.6) is 0 Å². The van der Waals surface area contributed by atoms with E-state index in [2.05, 4.69) is 0 Å². The van der Waals surface area contributed by atoms with Crippen LogP contribution in [0.15, 0.2) is 42.5 Å². The van der Waals surface area contributed by atoms with Crippen molar-refractivity contribution in [3.63, 3.8) is 0 Å². The molecule has 0 saturated heterocycles. The van der Waals surface area contributed by atoms with Crippen LogP contribution in [0.25, 0.3) is 0 Å². The number of benzene rings is 1. The normalized spacial score (nSPS) is 16.3. The molecule has 0 aliphatic carbocycles. The van der Waals surface area contributed by atoms with Gasteiger partial charge in [-0.25, -0.2) is 0 Å². The lowest BCUT2D eigenvalue weighted by Crippen LogP contribution is -2.32. The Hall–Kier alpha value is -1.57. The Bertz CT molecular complexity index is 329. The summed E-state index contributed by atoms with van der Waals surface area (Å²) < 4.78 is 0. The molecule has 2 heteroatoms. The summed E-state index contributed by atoms with van der Waals surface area (Å²) in [7, 11) is 0. The zero-order chi connectivity index (χ0) is 9.10. The fraction of sp³-hybridized carbons (Fsp3) is 0.182. The number of hydrogen-bond donors (Lipinski definition) is 0. The molecule has 66 valence electrons. The quantitative estimate of drug-likeness (QED) is 0.636. The molecule has 1 aliphatic heterocycles. The van der Waals surface area contributed by atoms with Gasteiger partial charge in [0.25, 0.3) is 5.91 Å². The Kier molecular flexibility index (Phi) is 2.13. The summed E-state index contributed by atoms with van der Waals surface area (Å²) in [5.41, 5.74) is 0.983. The van der Waals surface area contributed by atoms with E-state index in [0.29, 0.717) is 0 Å². The number of para-hydroxylation sites is 1. The molecule has 0 aromatic heterocycles. The fourth-order valence-corrected chi connectivity index (χ4v) is 1.45. The van der Waals surface area contributed by atoms with Crippen LogP contribution in [0, 0.1) is 0 Å². The number of carbonyl (C=O) groups excluding carboxylic acids is 1. The second-order valence-corrected chi connectivity index (χ2v) is 3.02. The first-order valence-electron chi connectivity index (χ1n) is 4.41. The van der Waals surface area contributed by atoms with Crippen LogP contribution >= 0.6 is 0 Å². The second-order valence-electron chi connectivity index (χ2n) is 3.02. The van der Waals surface area contributed by atoms with Crippen molar-refractivity contribution >= 4 is 11.6 Å². The van der Waals surface area contributed by atoms with E-state index in [0.717, 1.165) is 18.7 Å². The van der Waals surface area contributed by atoms with Crippen LogP contribution in [0.4, 0.5) is 5.69 Å². The highest BCUT2D eigenvalue weighted by Gasteiger charge is 2.14. The average Bonchev–Trinajstić information content (AvgIpc) is 2.20. The van der Waals surface area contributed by atoms with Crippen LogP contribution in [0.1, 0.15) is 6.42 Å². The predicted octanol–water partition coefficient (Wildman–Crippen LogP) is 1.98. The van der Waals surface area contributed by atoms with E-state index in [9.17, 15) is 4.79 Å². The molecule has 0 radical (unpaired) electrons. The van der Waals surface area contributed by atoms with Gasteiger partial charge in [-0.1, -0.05) is 24.3 Å². The number of carbonyl (C=O) groups is 1. The van der Waals surface area contributed by atoms with E-state index in [4.69, 9.17) is 0 Å². The Morgan fingerprint density at radius 2 is 1.92 bits per heavy atom. The molecular weight excluding hydrogens is 162 g/mol. The summed E-state index contributed by atoms with van der Waals surface area (Å²) in [6.07, 6.45) is 4.50. The van der Waals surface area contributed by atoms with Crippen LogP contribution in [-0.4, -0.2) is 12.5 Å². The maximum absolute atomic E-state index is 11.4. The van der Waals surface area contributed by atoms with Gasteiger partial charge in [-0.2, -0.15) is 0 Å². The van der Waals surface area contributed by atoms with Crippen molar-refractivity contribution in [3.8, 4) is 0 Å². The molecule has 0 atom stereocenters. The largest absolute Gasteiger partial charge is 0.309 e. The summed E-state index contributed by atoms with van der Waals surface area (Å²) in [4.78, 5) is 13.2. The average molecular weight is 173 g/mol. The maximum Gasteiger partial charge on any atom is 0.250 e. The Morgan fingerprint density at radius 1 is 1.15 bits per heavy atom. The van der Waals surface area contributed by atoms with E-state index in [1.807, 2.05) is 36.4 Å². The van der Waals surface area contributed by atoms with Gasteiger partial charge in [0.1, 0.15) is 0 Å². The summed E-state index contributed by atoms with van der Waals surface area (Å²) >= 11 is 0. The second kappa shape index (κ2) is 3.44. The molecule has 2 nitrogen and oxygen atoms in total. The van der Waals surface area contributed by atoms with Gasteiger partial charge in [-0.3, -0.25) is 4.79 Å². The lowest BCUT2D eigenvalue weighted by molar-refractivity contribution is -0.114. The lowest BCUT2D eigenvalue weighted by atomic mass is 10.2. The molecule has 0 fully saturated rings. The molecule has 1 amide bonds. The molecule has 0 bridgehead atoms. The minimum Gasteiger partial charge on any atom is -0.309 e. The Balaban J connectivity index is 2.27. The number of hydrogen-bond acceptors (Lipinski definition) is 1. The van der Waals surface area contributed by atoms with E-state index in [1.54, 1.807) is 11.0 Å². The van der Waals surface area contributed by atoms with Crippen molar-refractivity contribution in [2.45, 2.75) is 6.42 Å². The molecule has 13 heavy (non-hydrogen) atoms. The van der Waals surface area contributed by atoms with Crippen molar-refractivity contribution < 1.29 is 4.79 Å². The van der Waals surface area contributed by atoms with Gasteiger partial charge in [0.15, 0.2) is 0 Å². The van der Waals surface area contributed by atoms with Crippen LogP contribution in [0.2, 0.25) is 0 Å². The van der Waals surface area contributed by atoms with Gasteiger partial charge in [0, 0.05) is 12.2 Å². The number of anilines is 1. The lowest BCUT2D eigenvalue weighted by Gasteiger charge is -2.23. The molecule has 0 N–H and O–H groups in total. The summed E-state index contributed by atoms with van der Waals surface area (Å²) in [5.74, 6) is 0.0810. The molecule has 1 aliphatic rings. The monoisotopic (exact) mass is 173 g/mol. The van der Waals surface area contributed by atoms with E-state index in [-0.39, 0.29) is 5.91 Å². The fourth-order valence-electron chi connectivity index (χ4n) is 1.45. The van der Waals surface area contributed by atoms with Crippen molar-refractivity contribution in [1.82, 2.24) is 0 Å². The Labute approximate surface area is 77.5 Å². The summed E-state index contributed by atoms with van der Waals surface area (Å²) in [6.45, 7) is 0.791. The highest BCUT2D eigenvalue weighted by Crippen LogP contribution is 2.16. The molecule has 2 rings (SSSR count). The first-order valence-corrected chi connectivity index (χ1v) is 4.41. The predicted molar refractivity (Wildman–Crippen MR) is 52.6 cm³/mol. The molecule has 0 spiro atoms. The van der Waals surface area contributed by atoms with Crippen LogP contribution in [-0.2, 0) is 4.79 Å². The first kappa shape index (κ1) is 8.05. The van der Waals surface area contributed by atoms with Gasteiger partial charge < -0.3 is 4.90 Å². The van der Waals surface area contributed by atoms with Crippen molar-refractivity contribution in [2.24, 2.45) is 0 Å². The van der Waals surface area contributed by atoms with E-state index in [1.165, 1.54) is 0 Å². The zero-order valence-corrected chi connectivity index (χ0v) is 7.31. The third-order valence-electron chi connectivity index (χ3n) is 2.11. The minimum atomic E-state index is 0.0810. The maximum atomic E-state index is 11.4. The standard InChI is InChI=1S/C11H11NO/c13-11-8-4-5-9-12(11)10-6-2-1-3-7-10/h1-4,6-8H,5,9H2. The molecule has 0 saturated carbocycles. The smallest absolute Gasteiger partial charge is 0.250 e. The van der Waals surface area contributed by atoms with Gasteiger partial charge in [-0.05, 0) is 24.6 Å². The van der Waals surface area contributed by atoms with Gasteiger partial charge >= 0.3 is 0 Å². The highest BCUT2D eigenvalue weighted by molar-refractivity contribution is 6.02. The molecular formula is C11H11NO. The molecule has 1 aromatic carbocycles. The van der Waals surface area contributed by atoms with Crippen LogP contribution < -0.4 is 4.90 Å². The molecule has 1 heterocycles. The Morgan fingerprint density at radius 3 is 2.62 bits per heavy atom. The van der Waals surface area contributed by atoms with Crippen LogP contribution in [0.3, 0.4) is 0 Å². The molecule has 0 unspecified atom stereocenters. The van der Waals surface area contributed by atoms with E-state index < -0.39 is 0 Å². The number of nitrogens with zero attached hydrogens (tertiary/aromatic N) is 1. The zero-order valence-electron chi connectivity index (χ0n) is 7.31. The molecule has 1 aromatic rings. The van der Waals surface area contributed by atoms with Crippen molar-refractivity contribution in [2.75, 3.05) is 11.4 Å². The minimum absolute atomic E-state index is 0.0810. The topological polar surface area (TPSA) is 20.3 Å². The van der Waals surface area contributed by atoms with Gasteiger partial charge in [0.05, 0.1) is 0 Å². The SMILES string of the molecule is O=C1C=CCCN1c1ccccc1. The number of rotatable bonds is 1. The van der Waals surface area contributed by atoms with Gasteiger partial charge in [0.2, 0.25) is 0 Å². The first-order chi connectivity index (χ1) is 6.38. The third-order valence-corrected chi connectivity index (χ3v) is 2.11. The van der Waals surface area contributed by atoms with Crippen molar-refractivity contribution in [3.05, 3.63) is 42.5 Å². The number of amides is 1. The van der Waals surface area contributed by atoms with E-state index >= 15 is 0 Å². The van der Waals surface area contributed by atoms with Gasteiger partial charge in [-0.15, -0.1) is 0 Å².